The number of aromatic nitrogens is 1. The fourth-order valence-electron chi connectivity index (χ4n) is 2.29. The minimum Gasteiger partial charge on any atom is -0.360 e. The molecule has 9 nitrogen and oxygen atoms in total. The van der Waals surface area contributed by atoms with Crippen LogP contribution >= 0.6 is 11.6 Å². The molecule has 28 heavy (non-hydrogen) atoms. The van der Waals surface area contributed by atoms with Gasteiger partial charge in [0.1, 0.15) is 5.69 Å². The van der Waals surface area contributed by atoms with Gasteiger partial charge in [-0.3, -0.25) is 20.3 Å². The number of benzene rings is 2. The lowest BCUT2D eigenvalue weighted by Crippen LogP contribution is -2.13. The van der Waals surface area contributed by atoms with Gasteiger partial charge < -0.3 is 4.98 Å². The molecule has 3 aromatic rings. The van der Waals surface area contributed by atoms with E-state index in [-0.39, 0.29) is 16.3 Å². The summed E-state index contributed by atoms with van der Waals surface area (Å²) in [5, 5.41) is 15.6. The summed E-state index contributed by atoms with van der Waals surface area (Å²) in [4.78, 5) is 13.3. The largest absolute Gasteiger partial charge is 0.360 e. The van der Waals surface area contributed by atoms with Gasteiger partial charge in [0, 0.05) is 17.3 Å². The summed E-state index contributed by atoms with van der Waals surface area (Å²) in [5.74, 6) is 0. The molecule has 11 heteroatoms. The van der Waals surface area contributed by atoms with Crippen molar-refractivity contribution in [2.24, 2.45) is 5.10 Å². The van der Waals surface area contributed by atoms with Crippen LogP contribution < -0.4 is 10.1 Å². The number of hydrogen-bond donors (Lipinski definition) is 3. The Hall–Kier alpha value is -3.37. The highest BCUT2D eigenvalue weighted by Gasteiger charge is 2.21. The Labute approximate surface area is 165 Å². The van der Waals surface area contributed by atoms with Gasteiger partial charge in [0.2, 0.25) is 0 Å². The molecule has 144 valence electrons. The fraction of sp³-hybridized carbons (Fsp3) is 0. The third-order valence-electron chi connectivity index (χ3n) is 3.56. The molecule has 0 bridgehead atoms. The first kappa shape index (κ1) is 19.4. The summed E-state index contributed by atoms with van der Waals surface area (Å²) >= 11 is 5.84. The SMILES string of the molecule is O=[N+]([O-])c1cc(S(=O)(=O)Nc2cccc(Cl)c2)ccc1N/N=C/c1ccc[nH]1. The minimum atomic E-state index is -4.04. The highest BCUT2D eigenvalue weighted by Crippen LogP contribution is 2.29. The number of nitro groups is 1. The van der Waals surface area contributed by atoms with Crippen molar-refractivity contribution in [3.8, 4) is 0 Å². The molecule has 0 saturated heterocycles. The molecule has 3 N–H and O–H groups in total. The Bertz CT molecular complexity index is 1130. The van der Waals surface area contributed by atoms with Crippen molar-refractivity contribution in [3.05, 3.63) is 81.6 Å². The molecule has 3 rings (SSSR count). The zero-order valence-corrected chi connectivity index (χ0v) is 15.7. The molecule has 0 amide bonds. The maximum Gasteiger partial charge on any atom is 0.295 e. The highest BCUT2D eigenvalue weighted by molar-refractivity contribution is 7.92. The average molecular weight is 420 g/mol. The van der Waals surface area contributed by atoms with Gasteiger partial charge in [-0.1, -0.05) is 17.7 Å². The summed E-state index contributed by atoms with van der Waals surface area (Å²) in [7, 11) is -4.04. The second-order valence-corrected chi connectivity index (χ2v) is 7.67. The zero-order valence-electron chi connectivity index (χ0n) is 14.2. The van der Waals surface area contributed by atoms with E-state index in [1.165, 1.54) is 30.5 Å². The predicted molar refractivity (Wildman–Crippen MR) is 107 cm³/mol. The van der Waals surface area contributed by atoms with Crippen LogP contribution in [0.1, 0.15) is 5.69 Å². The van der Waals surface area contributed by atoms with Crippen molar-refractivity contribution in [2.75, 3.05) is 10.1 Å². The van der Waals surface area contributed by atoms with Crippen LogP contribution in [0.4, 0.5) is 17.1 Å². The maximum absolute atomic E-state index is 12.5. The Kier molecular flexibility index (Phi) is 5.62. The summed E-state index contributed by atoms with van der Waals surface area (Å²) in [6.45, 7) is 0. The molecule has 0 unspecified atom stereocenters. The van der Waals surface area contributed by atoms with E-state index in [2.05, 4.69) is 20.2 Å². The Morgan fingerprint density at radius 3 is 2.64 bits per heavy atom. The van der Waals surface area contributed by atoms with Gasteiger partial charge in [-0.15, -0.1) is 0 Å². The van der Waals surface area contributed by atoms with Gasteiger partial charge >= 0.3 is 0 Å². The van der Waals surface area contributed by atoms with E-state index in [4.69, 9.17) is 11.6 Å². The Morgan fingerprint density at radius 2 is 1.96 bits per heavy atom. The van der Waals surface area contributed by atoms with Crippen LogP contribution in [0.25, 0.3) is 0 Å². The van der Waals surface area contributed by atoms with Gasteiger partial charge in [-0.2, -0.15) is 5.10 Å². The molecule has 0 aliphatic heterocycles. The van der Waals surface area contributed by atoms with E-state index in [0.29, 0.717) is 10.7 Å². The molecule has 0 fully saturated rings. The Morgan fingerprint density at radius 1 is 1.14 bits per heavy atom. The van der Waals surface area contributed by atoms with E-state index >= 15 is 0 Å². The first-order valence-electron chi connectivity index (χ1n) is 7.84. The number of nitrogens with one attached hydrogen (secondary N) is 3. The van der Waals surface area contributed by atoms with E-state index in [9.17, 15) is 18.5 Å². The zero-order chi connectivity index (χ0) is 20.1. The van der Waals surface area contributed by atoms with Crippen molar-refractivity contribution in [3.63, 3.8) is 0 Å². The van der Waals surface area contributed by atoms with Crippen molar-refractivity contribution >= 4 is 44.9 Å². The number of H-pyrrole nitrogens is 1. The number of aromatic amines is 1. The fourth-order valence-corrected chi connectivity index (χ4v) is 3.55. The molecule has 0 aliphatic rings. The van der Waals surface area contributed by atoms with Crippen LogP contribution in [0.3, 0.4) is 0 Å². The van der Waals surface area contributed by atoms with Gasteiger partial charge in [0.15, 0.2) is 0 Å². The summed E-state index contributed by atoms with van der Waals surface area (Å²) in [6.07, 6.45) is 3.14. The van der Waals surface area contributed by atoms with Crippen LogP contribution in [0.15, 0.2) is 70.8 Å². The smallest absolute Gasteiger partial charge is 0.295 e. The van der Waals surface area contributed by atoms with E-state index in [1.54, 1.807) is 30.5 Å². The quantitative estimate of drug-likeness (QED) is 0.304. The van der Waals surface area contributed by atoms with E-state index in [1.807, 2.05) is 0 Å². The lowest BCUT2D eigenvalue weighted by atomic mass is 10.3. The molecule has 1 aromatic heterocycles. The minimum absolute atomic E-state index is 0.0505. The molecule has 0 radical (unpaired) electrons. The number of halogens is 1. The number of nitro benzene ring substituents is 1. The molecule has 0 atom stereocenters. The summed E-state index contributed by atoms with van der Waals surface area (Å²) < 4.78 is 27.4. The highest BCUT2D eigenvalue weighted by atomic mass is 35.5. The van der Waals surface area contributed by atoms with E-state index in [0.717, 1.165) is 6.07 Å². The van der Waals surface area contributed by atoms with Crippen LogP contribution in [0.5, 0.6) is 0 Å². The third-order valence-corrected chi connectivity index (χ3v) is 5.18. The predicted octanol–water partition coefficient (Wildman–Crippen LogP) is 3.82. The van der Waals surface area contributed by atoms with Crippen LogP contribution in [0, 0.1) is 10.1 Å². The number of nitrogens with zero attached hydrogens (tertiary/aromatic N) is 2. The molecule has 1 heterocycles. The Balaban J connectivity index is 1.86. The molecular weight excluding hydrogens is 406 g/mol. The molecular formula is C17H14ClN5O4S. The van der Waals surface area contributed by atoms with Gasteiger partial charge in [-0.05, 0) is 42.5 Å². The first-order chi connectivity index (χ1) is 13.3. The second-order valence-electron chi connectivity index (χ2n) is 5.55. The first-order valence-corrected chi connectivity index (χ1v) is 9.70. The van der Waals surface area contributed by atoms with Crippen LogP contribution in [-0.4, -0.2) is 24.5 Å². The lowest BCUT2D eigenvalue weighted by Gasteiger charge is -2.09. The number of hydrazone groups is 1. The van der Waals surface area contributed by atoms with Gasteiger partial charge in [0.25, 0.3) is 15.7 Å². The van der Waals surface area contributed by atoms with Gasteiger partial charge in [-0.25, -0.2) is 8.42 Å². The van der Waals surface area contributed by atoms with Crippen molar-refractivity contribution in [2.45, 2.75) is 4.90 Å². The average Bonchev–Trinajstić information content (AvgIpc) is 3.14. The molecule has 0 saturated carbocycles. The maximum atomic E-state index is 12.5. The van der Waals surface area contributed by atoms with Crippen LogP contribution in [-0.2, 0) is 10.0 Å². The number of sulfonamides is 1. The van der Waals surface area contributed by atoms with Crippen molar-refractivity contribution in [1.82, 2.24) is 4.98 Å². The number of anilines is 2. The second kappa shape index (κ2) is 8.11. The summed E-state index contributed by atoms with van der Waals surface area (Å²) in [6, 6.07) is 13.1. The third kappa shape index (κ3) is 4.67. The van der Waals surface area contributed by atoms with Crippen molar-refractivity contribution in [1.29, 1.82) is 0 Å². The number of rotatable bonds is 7. The summed E-state index contributed by atoms with van der Waals surface area (Å²) in [5.41, 5.74) is 3.10. The van der Waals surface area contributed by atoms with Gasteiger partial charge in [0.05, 0.1) is 27.4 Å². The topological polar surface area (TPSA) is 129 Å². The van der Waals surface area contributed by atoms with E-state index < -0.39 is 20.6 Å². The lowest BCUT2D eigenvalue weighted by molar-refractivity contribution is -0.384. The van der Waals surface area contributed by atoms with Crippen molar-refractivity contribution < 1.29 is 13.3 Å². The molecule has 2 aromatic carbocycles. The normalized spacial score (nSPS) is 11.5. The molecule has 0 aliphatic carbocycles. The number of hydrogen-bond acceptors (Lipinski definition) is 6. The molecule has 0 spiro atoms. The standard InChI is InChI=1S/C17H14ClN5O4S/c18-12-3-1-4-13(9-12)22-28(26,27)15-6-7-16(17(10-15)23(24)25)21-20-11-14-5-2-8-19-14/h1-11,19,21-22H/b20-11+. The van der Waals surface area contributed by atoms with Crippen LogP contribution in [0.2, 0.25) is 5.02 Å². The monoisotopic (exact) mass is 419 g/mol.